The van der Waals surface area contributed by atoms with Gasteiger partial charge in [-0.3, -0.25) is 4.79 Å². The van der Waals surface area contributed by atoms with Gasteiger partial charge in [-0.25, -0.2) is 8.78 Å². The molecular weight excluding hydrogens is 488 g/mol. The first-order valence-electron chi connectivity index (χ1n) is 11.1. The number of phenolic OH excluding ortho intramolecular Hbond substituents is 1. The number of carbonyl (C=O) groups is 1. The minimum atomic E-state index is -0.748. The molecule has 2 heterocycles. The molecule has 5 rings (SSSR count). The second-order valence-corrected chi connectivity index (χ2v) is 8.88. The molecule has 6 nitrogen and oxygen atoms in total. The van der Waals surface area contributed by atoms with Gasteiger partial charge in [-0.2, -0.15) is 0 Å². The molecule has 0 radical (unpaired) electrons. The van der Waals surface area contributed by atoms with Gasteiger partial charge in [-0.05, 0) is 65.6 Å². The summed E-state index contributed by atoms with van der Waals surface area (Å²) in [5, 5.41) is 18.2. The summed E-state index contributed by atoms with van der Waals surface area (Å²) in [7, 11) is 0. The molecule has 0 spiro atoms. The molecule has 0 saturated heterocycles. The topological polar surface area (TPSA) is 91.2 Å². The van der Waals surface area contributed by atoms with E-state index in [0.717, 1.165) is 22.5 Å². The summed E-state index contributed by atoms with van der Waals surface area (Å²) in [5.41, 5.74) is 3.60. The Morgan fingerprint density at radius 1 is 1.08 bits per heavy atom. The molecule has 0 aliphatic rings. The molecular formula is C27H20ClF2N3O3. The molecule has 3 N–H and O–H groups in total. The second-order valence-electron chi connectivity index (χ2n) is 8.44. The fourth-order valence-corrected chi connectivity index (χ4v) is 4.38. The largest absolute Gasteiger partial charge is 0.508 e. The zero-order chi connectivity index (χ0) is 25.2. The van der Waals surface area contributed by atoms with Crippen LogP contribution in [0.5, 0.6) is 5.75 Å². The summed E-state index contributed by atoms with van der Waals surface area (Å²) in [6.45, 7) is 0. The highest BCUT2D eigenvalue weighted by molar-refractivity contribution is 6.30. The first kappa shape index (κ1) is 23.6. The number of H-pyrrole nitrogens is 1. The maximum Gasteiger partial charge on any atom is 0.225 e. The van der Waals surface area contributed by atoms with Gasteiger partial charge in [-0.1, -0.05) is 28.9 Å². The highest BCUT2D eigenvalue weighted by Crippen LogP contribution is 2.31. The average molecular weight is 508 g/mol. The minimum absolute atomic E-state index is 0.00555. The zero-order valence-electron chi connectivity index (χ0n) is 18.8. The number of nitrogens with zero attached hydrogens (tertiary/aromatic N) is 1. The number of aromatic hydroxyl groups is 1. The van der Waals surface area contributed by atoms with Crippen LogP contribution in [0.1, 0.15) is 22.9 Å². The van der Waals surface area contributed by atoms with Crippen molar-refractivity contribution in [2.45, 2.75) is 18.9 Å². The van der Waals surface area contributed by atoms with Crippen molar-refractivity contribution in [3.05, 3.63) is 107 Å². The lowest BCUT2D eigenvalue weighted by Crippen LogP contribution is -2.31. The average Bonchev–Trinajstić information content (AvgIpc) is 3.46. The molecule has 0 saturated carbocycles. The summed E-state index contributed by atoms with van der Waals surface area (Å²) in [4.78, 5) is 16.2. The number of rotatable bonds is 7. The van der Waals surface area contributed by atoms with Crippen LogP contribution in [-0.4, -0.2) is 21.2 Å². The fraction of sp³-hybridized carbons (Fsp3) is 0.111. The van der Waals surface area contributed by atoms with Crippen LogP contribution < -0.4 is 5.32 Å². The third-order valence-corrected chi connectivity index (χ3v) is 6.13. The van der Waals surface area contributed by atoms with Crippen molar-refractivity contribution < 1.29 is 23.2 Å². The van der Waals surface area contributed by atoms with Crippen LogP contribution >= 0.6 is 11.6 Å². The number of hydrogen-bond acceptors (Lipinski definition) is 4. The number of nitrogens with one attached hydrogen (secondary N) is 2. The number of aromatic amines is 1. The zero-order valence-corrected chi connectivity index (χ0v) is 19.5. The van der Waals surface area contributed by atoms with Crippen LogP contribution in [0, 0.1) is 11.6 Å². The van der Waals surface area contributed by atoms with Crippen LogP contribution in [0.4, 0.5) is 8.78 Å². The van der Waals surface area contributed by atoms with Gasteiger partial charge in [0.2, 0.25) is 5.91 Å². The summed E-state index contributed by atoms with van der Waals surface area (Å²) < 4.78 is 33.0. The Balaban J connectivity index is 1.46. The Morgan fingerprint density at radius 2 is 1.83 bits per heavy atom. The molecule has 2 aromatic heterocycles. The monoisotopic (exact) mass is 507 g/mol. The van der Waals surface area contributed by atoms with Crippen molar-refractivity contribution in [2.75, 3.05) is 0 Å². The molecule has 36 heavy (non-hydrogen) atoms. The summed E-state index contributed by atoms with van der Waals surface area (Å²) in [6, 6.07) is 14.3. The van der Waals surface area contributed by atoms with Crippen LogP contribution in [-0.2, 0) is 17.6 Å². The number of hydrogen-bond donors (Lipinski definition) is 3. The number of benzene rings is 3. The number of halogens is 3. The Kier molecular flexibility index (Phi) is 6.43. The second kappa shape index (κ2) is 9.83. The molecule has 1 amide bonds. The van der Waals surface area contributed by atoms with Gasteiger partial charge in [0.15, 0.2) is 0 Å². The van der Waals surface area contributed by atoms with Crippen LogP contribution in [0.3, 0.4) is 0 Å². The van der Waals surface area contributed by atoms with E-state index in [-0.39, 0.29) is 24.5 Å². The number of fused-ring (bicyclic) bond motifs is 1. The normalized spacial score (nSPS) is 12.1. The smallest absolute Gasteiger partial charge is 0.225 e. The molecule has 0 aliphatic carbocycles. The van der Waals surface area contributed by atoms with Gasteiger partial charge >= 0.3 is 0 Å². The molecule has 0 fully saturated rings. The third-order valence-electron chi connectivity index (χ3n) is 5.88. The maximum absolute atomic E-state index is 13.9. The lowest BCUT2D eigenvalue weighted by molar-refractivity contribution is -0.121. The lowest BCUT2D eigenvalue weighted by atomic mass is 9.97. The van der Waals surface area contributed by atoms with Gasteiger partial charge in [0.05, 0.1) is 12.5 Å². The predicted octanol–water partition coefficient (Wildman–Crippen LogP) is 6.10. The van der Waals surface area contributed by atoms with Crippen molar-refractivity contribution in [1.82, 2.24) is 15.5 Å². The lowest BCUT2D eigenvalue weighted by Gasteiger charge is -2.18. The molecule has 9 heteroatoms. The van der Waals surface area contributed by atoms with Gasteiger partial charge in [0, 0.05) is 33.8 Å². The van der Waals surface area contributed by atoms with Crippen LogP contribution in [0.25, 0.3) is 22.0 Å². The molecule has 0 aliphatic heterocycles. The van der Waals surface area contributed by atoms with Gasteiger partial charge in [0.25, 0.3) is 0 Å². The fourth-order valence-electron chi connectivity index (χ4n) is 4.25. The van der Waals surface area contributed by atoms with E-state index >= 15 is 0 Å². The highest BCUT2D eigenvalue weighted by atomic mass is 35.5. The van der Waals surface area contributed by atoms with E-state index in [9.17, 15) is 18.7 Å². The van der Waals surface area contributed by atoms with Gasteiger partial charge < -0.3 is 19.9 Å². The van der Waals surface area contributed by atoms with E-state index in [1.54, 1.807) is 48.7 Å². The van der Waals surface area contributed by atoms with Gasteiger partial charge in [0.1, 0.15) is 29.3 Å². The van der Waals surface area contributed by atoms with E-state index in [2.05, 4.69) is 15.5 Å². The Bertz CT molecular complexity index is 1530. The molecule has 182 valence electrons. The Hall–Kier alpha value is -4.17. The standard InChI is InChI=1S/C27H20ClF2N3O3/c28-18-3-1-16(2-4-18)23-14-36-33-27(23)25(9-15-7-19(29)11-20(30)8-15)32-26(35)10-17-13-31-24-6-5-21(34)12-22(17)24/h1-8,11-14,25,31,34H,9-10H2,(H,32,35)/t25-/m1/s1. The SMILES string of the molecule is O=C(Cc1c[nH]c2ccc(O)cc12)N[C@H](Cc1cc(F)cc(F)c1)c1nocc1-c1ccc(Cl)cc1. The third kappa shape index (κ3) is 5.08. The van der Waals surface area contributed by atoms with E-state index < -0.39 is 17.7 Å². The van der Waals surface area contributed by atoms with Crippen molar-refractivity contribution in [1.29, 1.82) is 0 Å². The van der Waals surface area contributed by atoms with Crippen molar-refractivity contribution in [3.63, 3.8) is 0 Å². The Morgan fingerprint density at radius 3 is 2.58 bits per heavy atom. The minimum Gasteiger partial charge on any atom is -0.508 e. The predicted molar refractivity (Wildman–Crippen MR) is 132 cm³/mol. The number of aromatic nitrogens is 2. The van der Waals surface area contributed by atoms with E-state index in [0.29, 0.717) is 27.4 Å². The highest BCUT2D eigenvalue weighted by Gasteiger charge is 2.24. The first-order valence-corrected chi connectivity index (χ1v) is 11.5. The maximum atomic E-state index is 13.9. The van der Waals surface area contributed by atoms with Crippen LogP contribution in [0.15, 0.2) is 77.6 Å². The van der Waals surface area contributed by atoms with Crippen molar-refractivity contribution in [2.24, 2.45) is 0 Å². The van der Waals surface area contributed by atoms with Crippen LogP contribution in [0.2, 0.25) is 5.02 Å². The summed E-state index contributed by atoms with van der Waals surface area (Å²) in [6.07, 6.45) is 3.23. The van der Waals surface area contributed by atoms with E-state index in [4.69, 9.17) is 16.1 Å². The number of carbonyl (C=O) groups excluding carboxylic acids is 1. The van der Waals surface area contributed by atoms with E-state index in [1.165, 1.54) is 18.4 Å². The summed E-state index contributed by atoms with van der Waals surface area (Å²) in [5.74, 6) is -1.69. The molecule has 5 aromatic rings. The Labute approximate surface area is 209 Å². The molecule has 0 unspecified atom stereocenters. The molecule has 3 aromatic carbocycles. The summed E-state index contributed by atoms with van der Waals surface area (Å²) >= 11 is 6.01. The quantitative estimate of drug-likeness (QED) is 0.248. The number of phenols is 1. The van der Waals surface area contributed by atoms with Crippen molar-refractivity contribution >= 4 is 28.4 Å². The number of amides is 1. The first-order chi connectivity index (χ1) is 17.4. The van der Waals surface area contributed by atoms with E-state index in [1.807, 2.05) is 0 Å². The molecule has 1 atom stereocenters. The molecule has 0 bridgehead atoms. The van der Waals surface area contributed by atoms with Gasteiger partial charge in [-0.15, -0.1) is 0 Å². The van der Waals surface area contributed by atoms with Crippen molar-refractivity contribution in [3.8, 4) is 16.9 Å².